The molecule has 27 heavy (non-hydrogen) atoms. The number of hydrogen-bond donors (Lipinski definition) is 2. The molecule has 1 aliphatic rings. The highest BCUT2D eigenvalue weighted by Gasteiger charge is 2.42. The van der Waals surface area contributed by atoms with Gasteiger partial charge in [0.15, 0.2) is 5.96 Å². The first-order valence-electron chi connectivity index (χ1n) is 10.2. The maximum Gasteiger partial charge on any atom is 0.191 e. The zero-order valence-corrected chi connectivity index (χ0v) is 17.1. The van der Waals surface area contributed by atoms with Crippen molar-refractivity contribution in [3.63, 3.8) is 0 Å². The summed E-state index contributed by atoms with van der Waals surface area (Å²) in [7, 11) is 0. The second-order valence-electron chi connectivity index (χ2n) is 7.27. The van der Waals surface area contributed by atoms with Crippen molar-refractivity contribution in [3.8, 4) is 0 Å². The number of guanidine groups is 1. The van der Waals surface area contributed by atoms with E-state index >= 15 is 0 Å². The standard InChI is InChI=1S/C21H34F2N4/c1-5-24-21(25-15(4)10-9-13-27(6-2)7-3)26-19-14-16(19)20-17(22)11-8-12-18(20)23/h8,11-12,15-16,19H,5-7,9-10,13-14H2,1-4H3,(H2,24,25,26). The minimum Gasteiger partial charge on any atom is -0.354 e. The fourth-order valence-corrected chi connectivity index (χ4v) is 3.47. The summed E-state index contributed by atoms with van der Waals surface area (Å²) in [5.41, 5.74) is 0.193. The third-order valence-electron chi connectivity index (χ3n) is 5.19. The maximum atomic E-state index is 14.0. The van der Waals surface area contributed by atoms with Crippen molar-refractivity contribution in [2.45, 2.75) is 65.0 Å². The quantitative estimate of drug-likeness (QED) is 0.478. The second-order valence-corrected chi connectivity index (χ2v) is 7.27. The molecule has 2 rings (SSSR count). The van der Waals surface area contributed by atoms with Crippen molar-refractivity contribution >= 4 is 5.96 Å². The lowest BCUT2D eigenvalue weighted by molar-refractivity contribution is 0.292. The van der Waals surface area contributed by atoms with Crippen LogP contribution in [0.25, 0.3) is 0 Å². The molecule has 1 aliphatic carbocycles. The first-order chi connectivity index (χ1) is 13.0. The lowest BCUT2D eigenvalue weighted by Gasteiger charge is -2.21. The fraction of sp³-hybridized carbons (Fsp3) is 0.667. The smallest absolute Gasteiger partial charge is 0.191 e. The number of halogens is 2. The van der Waals surface area contributed by atoms with Crippen molar-refractivity contribution in [2.24, 2.45) is 4.99 Å². The molecule has 0 amide bonds. The molecule has 4 nitrogen and oxygen atoms in total. The van der Waals surface area contributed by atoms with Crippen LogP contribution < -0.4 is 10.6 Å². The molecule has 1 aromatic rings. The van der Waals surface area contributed by atoms with Gasteiger partial charge in [0.25, 0.3) is 0 Å². The van der Waals surface area contributed by atoms with Crippen LogP contribution in [-0.4, -0.2) is 49.1 Å². The highest BCUT2D eigenvalue weighted by molar-refractivity contribution is 5.81. The van der Waals surface area contributed by atoms with E-state index in [1.54, 1.807) is 0 Å². The van der Waals surface area contributed by atoms with Gasteiger partial charge in [-0.3, -0.25) is 4.99 Å². The van der Waals surface area contributed by atoms with Crippen molar-refractivity contribution in [1.82, 2.24) is 15.5 Å². The van der Waals surface area contributed by atoms with E-state index in [9.17, 15) is 8.78 Å². The Morgan fingerprint density at radius 1 is 1.22 bits per heavy atom. The van der Waals surface area contributed by atoms with Gasteiger partial charge >= 0.3 is 0 Å². The topological polar surface area (TPSA) is 39.7 Å². The van der Waals surface area contributed by atoms with Crippen molar-refractivity contribution < 1.29 is 8.78 Å². The summed E-state index contributed by atoms with van der Waals surface area (Å²) in [4.78, 5) is 6.91. The van der Waals surface area contributed by atoms with Gasteiger partial charge in [0.1, 0.15) is 11.6 Å². The van der Waals surface area contributed by atoms with Crippen molar-refractivity contribution in [2.75, 3.05) is 26.2 Å². The molecule has 3 unspecified atom stereocenters. The molecule has 0 heterocycles. The summed E-state index contributed by atoms with van der Waals surface area (Å²) >= 11 is 0. The number of aliphatic imine (C=N–C) groups is 1. The summed E-state index contributed by atoms with van der Waals surface area (Å²) in [5.74, 6) is -0.322. The predicted molar refractivity (Wildman–Crippen MR) is 108 cm³/mol. The molecule has 3 atom stereocenters. The minimum absolute atomic E-state index is 0.0251. The van der Waals surface area contributed by atoms with E-state index in [1.165, 1.54) is 18.2 Å². The third kappa shape index (κ3) is 6.45. The van der Waals surface area contributed by atoms with Crippen LogP contribution in [0.1, 0.15) is 58.4 Å². The highest BCUT2D eigenvalue weighted by atomic mass is 19.1. The lowest BCUT2D eigenvalue weighted by Crippen LogP contribution is -2.44. The molecule has 0 bridgehead atoms. The Labute approximate surface area is 162 Å². The van der Waals surface area contributed by atoms with Crippen LogP contribution in [0.2, 0.25) is 0 Å². The summed E-state index contributed by atoms with van der Waals surface area (Å²) < 4.78 is 27.9. The number of rotatable bonds is 10. The lowest BCUT2D eigenvalue weighted by atomic mass is 10.1. The van der Waals surface area contributed by atoms with E-state index in [4.69, 9.17) is 0 Å². The van der Waals surface area contributed by atoms with Crippen LogP contribution in [-0.2, 0) is 0 Å². The van der Waals surface area contributed by atoms with Gasteiger partial charge in [-0.05, 0) is 64.9 Å². The molecule has 1 fully saturated rings. The second kappa shape index (κ2) is 10.6. The molecular formula is C21H34F2N4. The Hall–Kier alpha value is -1.69. The summed E-state index contributed by atoms with van der Waals surface area (Å²) in [6.07, 6.45) is 2.90. The monoisotopic (exact) mass is 380 g/mol. The number of nitrogens with zero attached hydrogens (tertiary/aromatic N) is 2. The van der Waals surface area contributed by atoms with Crippen molar-refractivity contribution in [3.05, 3.63) is 35.4 Å². The van der Waals surface area contributed by atoms with E-state index < -0.39 is 11.6 Å². The Balaban J connectivity index is 1.83. The third-order valence-corrected chi connectivity index (χ3v) is 5.19. The molecule has 0 saturated heterocycles. The van der Waals surface area contributed by atoms with Gasteiger partial charge in [0, 0.05) is 30.1 Å². The van der Waals surface area contributed by atoms with Gasteiger partial charge in [-0.1, -0.05) is 19.9 Å². The predicted octanol–water partition coefficient (Wildman–Crippen LogP) is 3.89. The molecule has 1 aromatic carbocycles. The Kier molecular flexibility index (Phi) is 8.48. The first kappa shape index (κ1) is 21.6. The molecule has 2 N–H and O–H groups in total. The molecule has 6 heteroatoms. The number of hydrogen-bond acceptors (Lipinski definition) is 2. The van der Waals surface area contributed by atoms with Gasteiger partial charge in [-0.2, -0.15) is 0 Å². The fourth-order valence-electron chi connectivity index (χ4n) is 3.47. The molecule has 0 aliphatic heterocycles. The Morgan fingerprint density at radius 3 is 2.48 bits per heavy atom. The Morgan fingerprint density at radius 2 is 1.89 bits per heavy atom. The average Bonchev–Trinajstić information content (AvgIpc) is 3.37. The van der Waals surface area contributed by atoms with E-state index in [1.807, 2.05) is 6.92 Å². The van der Waals surface area contributed by atoms with E-state index in [0.717, 1.165) is 44.9 Å². The highest BCUT2D eigenvalue weighted by Crippen LogP contribution is 2.43. The van der Waals surface area contributed by atoms with Gasteiger partial charge in [-0.15, -0.1) is 0 Å². The average molecular weight is 381 g/mol. The summed E-state index contributed by atoms with van der Waals surface area (Å²) in [6, 6.07) is 4.37. The first-order valence-corrected chi connectivity index (χ1v) is 10.2. The maximum absolute atomic E-state index is 14.0. The van der Waals surface area contributed by atoms with Gasteiger partial charge in [0.2, 0.25) is 0 Å². The van der Waals surface area contributed by atoms with Crippen LogP contribution in [0, 0.1) is 11.6 Å². The summed E-state index contributed by atoms with van der Waals surface area (Å²) in [5, 5.41) is 6.78. The minimum atomic E-state index is -0.462. The van der Waals surface area contributed by atoms with E-state index in [-0.39, 0.29) is 17.5 Å². The number of benzene rings is 1. The molecular weight excluding hydrogens is 346 g/mol. The normalized spacial score (nSPS) is 20.6. The molecule has 1 saturated carbocycles. The zero-order chi connectivity index (χ0) is 19.8. The summed E-state index contributed by atoms with van der Waals surface area (Å²) in [6.45, 7) is 12.4. The molecule has 0 spiro atoms. The van der Waals surface area contributed by atoms with Crippen LogP contribution in [0.15, 0.2) is 23.2 Å². The number of nitrogens with one attached hydrogen (secondary N) is 2. The Bertz CT molecular complexity index is 596. The SMILES string of the molecule is CCN=C(NC(C)CCCN(CC)CC)NC1CC1c1c(F)cccc1F. The van der Waals surface area contributed by atoms with Crippen LogP contribution in [0.4, 0.5) is 8.78 Å². The van der Waals surface area contributed by atoms with Gasteiger partial charge < -0.3 is 15.5 Å². The van der Waals surface area contributed by atoms with Gasteiger partial charge in [-0.25, -0.2) is 8.78 Å². The van der Waals surface area contributed by atoms with Crippen LogP contribution >= 0.6 is 0 Å². The largest absolute Gasteiger partial charge is 0.354 e. The van der Waals surface area contributed by atoms with Crippen molar-refractivity contribution in [1.29, 1.82) is 0 Å². The molecule has 0 aromatic heterocycles. The van der Waals surface area contributed by atoms with E-state index in [0.29, 0.717) is 12.6 Å². The molecule has 0 radical (unpaired) electrons. The van der Waals surface area contributed by atoms with Gasteiger partial charge in [0.05, 0.1) is 0 Å². The zero-order valence-electron chi connectivity index (χ0n) is 17.1. The van der Waals surface area contributed by atoms with Crippen LogP contribution in [0.5, 0.6) is 0 Å². The van der Waals surface area contributed by atoms with Crippen LogP contribution in [0.3, 0.4) is 0 Å². The van der Waals surface area contributed by atoms with E-state index in [2.05, 4.69) is 41.3 Å². The molecule has 152 valence electrons.